The molecule has 1 aromatic rings. The monoisotopic (exact) mass is 280 g/mol. The molecule has 0 saturated carbocycles. The SMILES string of the molecule is CCC(C)OC(=O)COc1ccc(OC(C)=O)cc1C. The third-order valence-corrected chi connectivity index (χ3v) is 2.66. The number of hydrogen-bond donors (Lipinski definition) is 0. The van der Waals surface area contributed by atoms with Crippen molar-refractivity contribution in [3.63, 3.8) is 0 Å². The largest absolute Gasteiger partial charge is 0.482 e. The first-order valence-electron chi connectivity index (χ1n) is 6.53. The number of rotatable bonds is 6. The standard InChI is InChI=1S/C15H20O5/c1-5-11(3)19-15(17)9-18-14-7-6-13(8-10(14)2)20-12(4)16/h6-8,11H,5,9H2,1-4H3. The summed E-state index contributed by atoms with van der Waals surface area (Å²) in [5, 5.41) is 0. The van der Waals surface area contributed by atoms with Crippen molar-refractivity contribution < 1.29 is 23.8 Å². The second-order valence-electron chi connectivity index (χ2n) is 4.52. The molecule has 0 aliphatic carbocycles. The molecular formula is C15H20O5. The van der Waals surface area contributed by atoms with Gasteiger partial charge in [0.15, 0.2) is 6.61 Å². The minimum absolute atomic E-state index is 0.112. The maximum Gasteiger partial charge on any atom is 0.344 e. The number of hydrogen-bond acceptors (Lipinski definition) is 5. The van der Waals surface area contributed by atoms with Gasteiger partial charge < -0.3 is 14.2 Å². The van der Waals surface area contributed by atoms with Crippen molar-refractivity contribution in [2.75, 3.05) is 6.61 Å². The van der Waals surface area contributed by atoms with Crippen LogP contribution in [0.4, 0.5) is 0 Å². The fraction of sp³-hybridized carbons (Fsp3) is 0.467. The first kappa shape index (κ1) is 16.0. The number of carbonyl (C=O) groups is 2. The first-order chi connectivity index (χ1) is 9.42. The summed E-state index contributed by atoms with van der Waals surface area (Å²) in [5.74, 6) is 0.226. The number of esters is 2. The average Bonchev–Trinajstić information content (AvgIpc) is 2.36. The highest BCUT2D eigenvalue weighted by Gasteiger charge is 2.10. The predicted octanol–water partition coefficient (Wildman–Crippen LogP) is 2.64. The number of aryl methyl sites for hydroxylation is 1. The Morgan fingerprint density at radius 3 is 2.55 bits per heavy atom. The van der Waals surface area contributed by atoms with Gasteiger partial charge in [0.1, 0.15) is 11.5 Å². The summed E-state index contributed by atoms with van der Waals surface area (Å²) in [6.45, 7) is 6.78. The molecule has 1 rings (SSSR count). The van der Waals surface area contributed by atoms with Gasteiger partial charge >= 0.3 is 11.9 Å². The lowest BCUT2D eigenvalue weighted by Crippen LogP contribution is -2.20. The van der Waals surface area contributed by atoms with Crippen molar-refractivity contribution >= 4 is 11.9 Å². The highest BCUT2D eigenvalue weighted by Crippen LogP contribution is 2.23. The molecule has 0 saturated heterocycles. The van der Waals surface area contributed by atoms with E-state index in [4.69, 9.17) is 14.2 Å². The molecule has 5 nitrogen and oxygen atoms in total. The summed E-state index contributed by atoms with van der Waals surface area (Å²) in [6, 6.07) is 4.95. The van der Waals surface area contributed by atoms with Crippen LogP contribution in [-0.4, -0.2) is 24.6 Å². The van der Waals surface area contributed by atoms with Gasteiger partial charge in [-0.2, -0.15) is 0 Å². The van der Waals surface area contributed by atoms with E-state index in [2.05, 4.69) is 0 Å². The van der Waals surface area contributed by atoms with Crippen LogP contribution in [0.1, 0.15) is 32.8 Å². The van der Waals surface area contributed by atoms with Crippen molar-refractivity contribution in [3.05, 3.63) is 23.8 Å². The Morgan fingerprint density at radius 1 is 1.30 bits per heavy atom. The summed E-state index contributed by atoms with van der Waals surface area (Å²) >= 11 is 0. The molecule has 0 aromatic heterocycles. The van der Waals surface area contributed by atoms with Gasteiger partial charge in [-0.25, -0.2) is 4.79 Å². The Labute approximate surface area is 118 Å². The summed E-state index contributed by atoms with van der Waals surface area (Å²) in [4.78, 5) is 22.3. The summed E-state index contributed by atoms with van der Waals surface area (Å²) in [7, 11) is 0. The van der Waals surface area contributed by atoms with Crippen molar-refractivity contribution in [3.8, 4) is 11.5 Å². The average molecular weight is 280 g/mol. The van der Waals surface area contributed by atoms with E-state index in [0.29, 0.717) is 11.5 Å². The summed E-state index contributed by atoms with van der Waals surface area (Å²) in [5.41, 5.74) is 0.778. The van der Waals surface area contributed by atoms with Gasteiger partial charge in [0.05, 0.1) is 6.10 Å². The zero-order valence-electron chi connectivity index (χ0n) is 12.3. The van der Waals surface area contributed by atoms with Gasteiger partial charge in [0.25, 0.3) is 0 Å². The lowest BCUT2D eigenvalue weighted by Gasteiger charge is -2.13. The van der Waals surface area contributed by atoms with Crippen LogP contribution in [0, 0.1) is 6.92 Å². The second kappa shape index (κ2) is 7.53. The van der Waals surface area contributed by atoms with Crippen LogP contribution in [0.3, 0.4) is 0 Å². The lowest BCUT2D eigenvalue weighted by molar-refractivity contribution is -0.150. The van der Waals surface area contributed by atoms with E-state index in [1.54, 1.807) is 18.2 Å². The molecule has 0 fully saturated rings. The van der Waals surface area contributed by atoms with Crippen LogP contribution in [0.2, 0.25) is 0 Å². The molecule has 0 N–H and O–H groups in total. The van der Waals surface area contributed by atoms with E-state index >= 15 is 0 Å². The van der Waals surface area contributed by atoms with Gasteiger partial charge in [0, 0.05) is 6.92 Å². The zero-order valence-corrected chi connectivity index (χ0v) is 12.3. The minimum Gasteiger partial charge on any atom is -0.482 e. The molecule has 1 atom stereocenters. The van der Waals surface area contributed by atoms with E-state index in [9.17, 15) is 9.59 Å². The normalized spacial score (nSPS) is 11.6. The van der Waals surface area contributed by atoms with Crippen LogP contribution in [0.15, 0.2) is 18.2 Å². The van der Waals surface area contributed by atoms with Gasteiger partial charge in [-0.15, -0.1) is 0 Å². The second-order valence-corrected chi connectivity index (χ2v) is 4.52. The van der Waals surface area contributed by atoms with Crippen LogP contribution in [0.25, 0.3) is 0 Å². The highest BCUT2D eigenvalue weighted by molar-refractivity contribution is 5.71. The van der Waals surface area contributed by atoms with E-state index < -0.39 is 5.97 Å². The Morgan fingerprint density at radius 2 is 2.00 bits per heavy atom. The Balaban J connectivity index is 2.56. The summed E-state index contributed by atoms with van der Waals surface area (Å²) in [6.07, 6.45) is 0.653. The van der Waals surface area contributed by atoms with Crippen molar-refractivity contribution in [2.45, 2.75) is 40.2 Å². The first-order valence-corrected chi connectivity index (χ1v) is 6.53. The molecule has 0 aliphatic heterocycles. The van der Waals surface area contributed by atoms with Gasteiger partial charge in [-0.05, 0) is 44.0 Å². The van der Waals surface area contributed by atoms with Crippen LogP contribution >= 0.6 is 0 Å². The van der Waals surface area contributed by atoms with Crippen molar-refractivity contribution in [1.82, 2.24) is 0 Å². The molecule has 1 aromatic carbocycles. The topological polar surface area (TPSA) is 61.8 Å². The zero-order chi connectivity index (χ0) is 15.1. The smallest absolute Gasteiger partial charge is 0.344 e. The predicted molar refractivity (Wildman–Crippen MR) is 73.8 cm³/mol. The van der Waals surface area contributed by atoms with Crippen molar-refractivity contribution in [1.29, 1.82) is 0 Å². The molecular weight excluding hydrogens is 260 g/mol. The fourth-order valence-electron chi connectivity index (χ4n) is 1.49. The van der Waals surface area contributed by atoms with Crippen LogP contribution < -0.4 is 9.47 Å². The molecule has 5 heteroatoms. The Kier molecular flexibility index (Phi) is 6.03. The molecule has 0 radical (unpaired) electrons. The number of carbonyl (C=O) groups excluding carboxylic acids is 2. The van der Waals surface area contributed by atoms with Crippen LogP contribution in [-0.2, 0) is 14.3 Å². The Bertz CT molecular complexity index is 481. The molecule has 20 heavy (non-hydrogen) atoms. The molecule has 1 unspecified atom stereocenters. The summed E-state index contributed by atoms with van der Waals surface area (Å²) < 4.78 is 15.4. The highest BCUT2D eigenvalue weighted by atomic mass is 16.6. The van der Waals surface area contributed by atoms with Gasteiger partial charge in [-0.3, -0.25) is 4.79 Å². The van der Waals surface area contributed by atoms with E-state index in [0.717, 1.165) is 12.0 Å². The fourth-order valence-corrected chi connectivity index (χ4v) is 1.49. The number of ether oxygens (including phenoxy) is 3. The van der Waals surface area contributed by atoms with Crippen LogP contribution in [0.5, 0.6) is 11.5 Å². The Hall–Kier alpha value is -2.04. The third kappa shape index (κ3) is 5.30. The van der Waals surface area contributed by atoms with Gasteiger partial charge in [-0.1, -0.05) is 6.92 Å². The van der Waals surface area contributed by atoms with E-state index in [1.165, 1.54) is 6.92 Å². The quantitative estimate of drug-likeness (QED) is 0.592. The third-order valence-electron chi connectivity index (χ3n) is 2.66. The lowest BCUT2D eigenvalue weighted by atomic mass is 10.2. The maximum atomic E-state index is 11.5. The van der Waals surface area contributed by atoms with Crippen molar-refractivity contribution in [2.24, 2.45) is 0 Å². The number of benzene rings is 1. The van der Waals surface area contributed by atoms with Gasteiger partial charge in [0.2, 0.25) is 0 Å². The molecule has 110 valence electrons. The molecule has 0 spiro atoms. The minimum atomic E-state index is -0.400. The molecule has 0 bridgehead atoms. The molecule has 0 heterocycles. The van der Waals surface area contributed by atoms with E-state index in [-0.39, 0.29) is 18.7 Å². The maximum absolute atomic E-state index is 11.5. The molecule has 0 amide bonds. The molecule has 0 aliphatic rings. The van der Waals surface area contributed by atoms with E-state index in [1.807, 2.05) is 20.8 Å².